The summed E-state index contributed by atoms with van der Waals surface area (Å²) in [5, 5.41) is 6.54. The van der Waals surface area contributed by atoms with E-state index < -0.39 is 0 Å². The van der Waals surface area contributed by atoms with E-state index in [1.54, 1.807) is 12.1 Å². The minimum atomic E-state index is -0.233. The van der Waals surface area contributed by atoms with Gasteiger partial charge >= 0.3 is 0 Å². The third-order valence-electron chi connectivity index (χ3n) is 3.33. The number of rotatable bonds is 3. The van der Waals surface area contributed by atoms with Crippen molar-refractivity contribution in [1.82, 2.24) is 0 Å². The zero-order valence-electron chi connectivity index (χ0n) is 10.3. The van der Waals surface area contributed by atoms with Crippen LogP contribution in [0.4, 0.5) is 15.8 Å². The molecule has 0 saturated carbocycles. The molecule has 2 aromatic rings. The minimum absolute atomic E-state index is 0.233. The first kappa shape index (κ1) is 12.5. The zero-order chi connectivity index (χ0) is 13.2. The Morgan fingerprint density at radius 2 is 2.16 bits per heavy atom. The summed E-state index contributed by atoms with van der Waals surface area (Å²) in [6, 6.07) is 11.2. The quantitative estimate of drug-likeness (QED) is 0.887. The third kappa shape index (κ3) is 2.59. The van der Waals surface area contributed by atoms with Gasteiger partial charge in [0.05, 0.1) is 5.69 Å². The lowest BCUT2D eigenvalue weighted by molar-refractivity contribution is 0.630. The van der Waals surface area contributed by atoms with Crippen LogP contribution in [0.2, 0.25) is 0 Å². The zero-order valence-corrected chi connectivity index (χ0v) is 11.9. The van der Waals surface area contributed by atoms with E-state index in [2.05, 4.69) is 44.8 Å². The highest BCUT2D eigenvalue weighted by molar-refractivity contribution is 9.10. The van der Waals surface area contributed by atoms with Crippen LogP contribution in [-0.2, 0) is 13.0 Å². The van der Waals surface area contributed by atoms with Gasteiger partial charge in [-0.15, -0.1) is 0 Å². The molecule has 0 spiro atoms. The molecule has 2 nitrogen and oxygen atoms in total. The summed E-state index contributed by atoms with van der Waals surface area (Å²) in [7, 11) is 0. The number of hydrogen-bond donors (Lipinski definition) is 2. The molecular weight excluding hydrogens is 307 g/mol. The Morgan fingerprint density at radius 1 is 1.26 bits per heavy atom. The molecule has 0 aromatic heterocycles. The topological polar surface area (TPSA) is 24.1 Å². The van der Waals surface area contributed by atoms with Gasteiger partial charge in [-0.3, -0.25) is 0 Å². The molecule has 1 aliphatic rings. The highest BCUT2D eigenvalue weighted by atomic mass is 79.9. The van der Waals surface area contributed by atoms with E-state index in [-0.39, 0.29) is 5.82 Å². The fourth-order valence-electron chi connectivity index (χ4n) is 2.38. The molecule has 0 radical (unpaired) electrons. The molecule has 2 N–H and O–H groups in total. The standard InChI is InChI=1S/C15H14BrFN2/c16-12-4-5-13(17)14(8-12)19-9-11-3-1-2-10-6-7-18-15(10)11/h1-5,8,18-19H,6-7,9H2. The number of hydrogen-bond acceptors (Lipinski definition) is 2. The third-order valence-corrected chi connectivity index (χ3v) is 3.82. The number of para-hydroxylation sites is 1. The normalized spacial score (nSPS) is 12.9. The molecule has 0 aliphatic carbocycles. The second-order valence-electron chi connectivity index (χ2n) is 4.61. The van der Waals surface area contributed by atoms with E-state index in [0.29, 0.717) is 12.2 Å². The van der Waals surface area contributed by atoms with Gasteiger partial charge in [-0.2, -0.15) is 0 Å². The van der Waals surface area contributed by atoms with Crippen LogP contribution in [0.15, 0.2) is 40.9 Å². The van der Waals surface area contributed by atoms with Crippen molar-refractivity contribution in [1.29, 1.82) is 0 Å². The Morgan fingerprint density at radius 3 is 3.05 bits per heavy atom. The summed E-state index contributed by atoms with van der Waals surface area (Å²) < 4.78 is 14.5. The van der Waals surface area contributed by atoms with Gasteiger partial charge in [0.15, 0.2) is 0 Å². The Kier molecular flexibility index (Phi) is 3.42. The van der Waals surface area contributed by atoms with E-state index in [0.717, 1.165) is 17.4 Å². The first-order valence-corrected chi connectivity index (χ1v) is 7.07. The van der Waals surface area contributed by atoms with Gasteiger partial charge < -0.3 is 10.6 Å². The molecule has 0 bridgehead atoms. The average Bonchev–Trinajstić information content (AvgIpc) is 2.88. The summed E-state index contributed by atoms with van der Waals surface area (Å²) in [4.78, 5) is 0. The maximum absolute atomic E-state index is 13.6. The molecule has 0 saturated heterocycles. The number of fused-ring (bicyclic) bond motifs is 1. The van der Waals surface area contributed by atoms with Crippen molar-refractivity contribution >= 4 is 27.3 Å². The van der Waals surface area contributed by atoms with Crippen LogP contribution < -0.4 is 10.6 Å². The molecule has 1 heterocycles. The average molecular weight is 321 g/mol. The maximum Gasteiger partial charge on any atom is 0.146 e. The number of anilines is 2. The highest BCUT2D eigenvalue weighted by Gasteiger charge is 2.13. The molecule has 0 atom stereocenters. The van der Waals surface area contributed by atoms with Crippen LogP contribution in [0.3, 0.4) is 0 Å². The minimum Gasteiger partial charge on any atom is -0.384 e. The van der Waals surface area contributed by atoms with Crippen LogP contribution in [0.1, 0.15) is 11.1 Å². The molecule has 4 heteroatoms. The molecule has 0 unspecified atom stereocenters. The van der Waals surface area contributed by atoms with Crippen molar-refractivity contribution in [2.24, 2.45) is 0 Å². The van der Waals surface area contributed by atoms with E-state index in [1.165, 1.54) is 22.9 Å². The van der Waals surface area contributed by atoms with Crippen LogP contribution in [0.5, 0.6) is 0 Å². The predicted molar refractivity (Wildman–Crippen MR) is 80.1 cm³/mol. The smallest absolute Gasteiger partial charge is 0.146 e. The molecule has 0 fully saturated rings. The van der Waals surface area contributed by atoms with Gasteiger partial charge in [-0.1, -0.05) is 34.1 Å². The van der Waals surface area contributed by atoms with Crippen molar-refractivity contribution in [2.75, 3.05) is 17.2 Å². The van der Waals surface area contributed by atoms with Gasteiger partial charge in [0, 0.05) is 23.2 Å². The molecule has 98 valence electrons. The highest BCUT2D eigenvalue weighted by Crippen LogP contribution is 2.27. The maximum atomic E-state index is 13.6. The van der Waals surface area contributed by atoms with E-state index in [4.69, 9.17) is 0 Å². The van der Waals surface area contributed by atoms with Gasteiger partial charge in [0.25, 0.3) is 0 Å². The van der Waals surface area contributed by atoms with Crippen molar-refractivity contribution in [2.45, 2.75) is 13.0 Å². The van der Waals surface area contributed by atoms with Crippen molar-refractivity contribution < 1.29 is 4.39 Å². The monoisotopic (exact) mass is 320 g/mol. The predicted octanol–water partition coefficient (Wildman–Crippen LogP) is 4.17. The largest absolute Gasteiger partial charge is 0.384 e. The lowest BCUT2D eigenvalue weighted by Crippen LogP contribution is -2.04. The second-order valence-corrected chi connectivity index (χ2v) is 5.52. The molecule has 19 heavy (non-hydrogen) atoms. The number of benzene rings is 2. The Labute approximate surface area is 120 Å². The fraction of sp³-hybridized carbons (Fsp3) is 0.200. The summed E-state index contributed by atoms with van der Waals surface area (Å²) in [6.45, 7) is 1.60. The number of halogens is 2. The van der Waals surface area contributed by atoms with E-state index in [9.17, 15) is 4.39 Å². The first-order valence-electron chi connectivity index (χ1n) is 6.27. The summed E-state index contributed by atoms with van der Waals surface area (Å²) in [6.07, 6.45) is 1.06. The van der Waals surface area contributed by atoms with Crippen LogP contribution in [-0.4, -0.2) is 6.54 Å². The summed E-state index contributed by atoms with van der Waals surface area (Å²) in [5.74, 6) is -0.233. The Bertz CT molecular complexity index is 613. The lowest BCUT2D eigenvalue weighted by Gasteiger charge is -2.12. The second kappa shape index (κ2) is 5.21. The number of nitrogens with one attached hydrogen (secondary N) is 2. The van der Waals surface area contributed by atoms with Crippen molar-refractivity contribution in [3.05, 3.63) is 57.8 Å². The fourth-order valence-corrected chi connectivity index (χ4v) is 2.74. The van der Waals surface area contributed by atoms with Gasteiger partial charge in [0.2, 0.25) is 0 Å². The Hall–Kier alpha value is -1.55. The van der Waals surface area contributed by atoms with Crippen molar-refractivity contribution in [3.8, 4) is 0 Å². The summed E-state index contributed by atoms with van der Waals surface area (Å²) >= 11 is 3.35. The Balaban J connectivity index is 1.80. The van der Waals surface area contributed by atoms with Gasteiger partial charge in [0.1, 0.15) is 5.82 Å². The summed E-state index contributed by atoms with van der Waals surface area (Å²) in [5.41, 5.74) is 4.23. The molecule has 2 aromatic carbocycles. The van der Waals surface area contributed by atoms with Crippen LogP contribution >= 0.6 is 15.9 Å². The molecule has 3 rings (SSSR count). The van der Waals surface area contributed by atoms with Gasteiger partial charge in [-0.25, -0.2) is 4.39 Å². The molecule has 0 amide bonds. The van der Waals surface area contributed by atoms with Gasteiger partial charge in [-0.05, 0) is 35.7 Å². The first-order chi connectivity index (χ1) is 9.24. The lowest BCUT2D eigenvalue weighted by atomic mass is 10.1. The van der Waals surface area contributed by atoms with Crippen LogP contribution in [0, 0.1) is 5.82 Å². The van der Waals surface area contributed by atoms with E-state index in [1.807, 2.05) is 0 Å². The van der Waals surface area contributed by atoms with E-state index >= 15 is 0 Å². The SMILES string of the molecule is Fc1ccc(Br)cc1NCc1cccc2c1NCC2. The van der Waals surface area contributed by atoms with Crippen LogP contribution in [0.25, 0.3) is 0 Å². The molecule has 1 aliphatic heterocycles. The van der Waals surface area contributed by atoms with Crippen molar-refractivity contribution in [3.63, 3.8) is 0 Å². The molecular formula is C15H14BrFN2.